The van der Waals surface area contributed by atoms with Crippen molar-refractivity contribution in [3.63, 3.8) is 0 Å². The number of carbonyl (C=O) groups is 2. The molecule has 4 nitrogen and oxygen atoms in total. The summed E-state index contributed by atoms with van der Waals surface area (Å²) >= 11 is 0. The van der Waals surface area contributed by atoms with Gasteiger partial charge in [-0.15, -0.1) is 0 Å². The lowest BCUT2D eigenvalue weighted by molar-refractivity contribution is -0.122. The highest BCUT2D eigenvalue weighted by Gasteiger charge is 2.35. The van der Waals surface area contributed by atoms with E-state index in [4.69, 9.17) is 0 Å². The monoisotopic (exact) mass is 322 g/mol. The third kappa shape index (κ3) is 3.48. The minimum atomic E-state index is -0.315. The molecule has 1 saturated heterocycles. The molecule has 2 amide bonds. The molecule has 1 aliphatic rings. The molecule has 0 spiro atoms. The normalized spacial score (nSPS) is 17.2. The number of hydrogen-bond acceptors (Lipinski definition) is 2. The van der Waals surface area contributed by atoms with Crippen LogP contribution < -0.4 is 10.2 Å². The summed E-state index contributed by atoms with van der Waals surface area (Å²) in [4.78, 5) is 26.4. The van der Waals surface area contributed by atoms with E-state index in [0.29, 0.717) is 6.54 Å². The second-order valence-electron chi connectivity index (χ2n) is 6.28. The third-order valence-corrected chi connectivity index (χ3v) is 4.47. The zero-order valence-corrected chi connectivity index (χ0v) is 14.1. The first-order valence-electron chi connectivity index (χ1n) is 8.33. The Labute approximate surface area is 142 Å². The molecule has 0 radical (unpaired) electrons. The Morgan fingerprint density at radius 2 is 1.79 bits per heavy atom. The standard InChI is InChI=1S/C20H22N2O2/c1-3-15-6-8-17(9-7-15)21-20(24)16-12-19(23)22(13-16)18-10-4-14(2)5-11-18/h4-11,16H,3,12-13H2,1-2H3,(H,21,24). The van der Waals surface area contributed by atoms with Gasteiger partial charge in [0, 0.05) is 24.3 Å². The molecule has 24 heavy (non-hydrogen) atoms. The summed E-state index contributed by atoms with van der Waals surface area (Å²) in [5.41, 5.74) is 4.01. The molecule has 2 aromatic carbocycles. The molecule has 4 heteroatoms. The van der Waals surface area contributed by atoms with Crippen LogP contribution in [-0.2, 0) is 16.0 Å². The van der Waals surface area contributed by atoms with Gasteiger partial charge in [-0.2, -0.15) is 0 Å². The van der Waals surface area contributed by atoms with Crippen LogP contribution in [0, 0.1) is 12.8 Å². The van der Waals surface area contributed by atoms with Gasteiger partial charge in [0.1, 0.15) is 0 Å². The molecule has 1 aliphatic heterocycles. The van der Waals surface area contributed by atoms with Gasteiger partial charge >= 0.3 is 0 Å². The molecule has 1 unspecified atom stereocenters. The van der Waals surface area contributed by atoms with Crippen LogP contribution in [0.3, 0.4) is 0 Å². The summed E-state index contributed by atoms with van der Waals surface area (Å²) in [7, 11) is 0. The minimum absolute atomic E-state index is 0.000309. The van der Waals surface area contributed by atoms with E-state index in [1.165, 1.54) is 5.56 Å². The number of amides is 2. The maximum Gasteiger partial charge on any atom is 0.229 e. The van der Waals surface area contributed by atoms with Gasteiger partial charge in [0.05, 0.1) is 5.92 Å². The van der Waals surface area contributed by atoms with Crippen LogP contribution >= 0.6 is 0 Å². The first-order valence-corrected chi connectivity index (χ1v) is 8.33. The summed E-state index contributed by atoms with van der Waals surface area (Å²) in [6, 6.07) is 15.6. The summed E-state index contributed by atoms with van der Waals surface area (Å²) in [5.74, 6) is -0.410. The van der Waals surface area contributed by atoms with Crippen molar-refractivity contribution in [2.24, 2.45) is 5.92 Å². The van der Waals surface area contributed by atoms with Crippen molar-refractivity contribution in [2.75, 3.05) is 16.8 Å². The number of aryl methyl sites for hydroxylation is 2. The fourth-order valence-corrected chi connectivity index (χ4v) is 2.93. The van der Waals surface area contributed by atoms with Gasteiger partial charge in [-0.1, -0.05) is 36.8 Å². The quantitative estimate of drug-likeness (QED) is 0.936. The van der Waals surface area contributed by atoms with Crippen molar-refractivity contribution in [3.05, 3.63) is 59.7 Å². The van der Waals surface area contributed by atoms with Gasteiger partial charge in [-0.05, 0) is 43.2 Å². The molecule has 1 fully saturated rings. The molecule has 1 atom stereocenters. The molecular formula is C20H22N2O2. The average Bonchev–Trinajstić information content (AvgIpc) is 2.98. The fourth-order valence-electron chi connectivity index (χ4n) is 2.93. The Morgan fingerprint density at radius 1 is 1.12 bits per heavy atom. The number of nitrogens with one attached hydrogen (secondary N) is 1. The Morgan fingerprint density at radius 3 is 2.42 bits per heavy atom. The number of hydrogen-bond donors (Lipinski definition) is 1. The zero-order valence-electron chi connectivity index (χ0n) is 14.1. The van der Waals surface area contributed by atoms with Crippen LogP contribution in [0.1, 0.15) is 24.5 Å². The van der Waals surface area contributed by atoms with E-state index in [0.717, 1.165) is 23.4 Å². The molecule has 1 heterocycles. The minimum Gasteiger partial charge on any atom is -0.326 e. The number of nitrogens with zero attached hydrogens (tertiary/aromatic N) is 1. The summed E-state index contributed by atoms with van der Waals surface area (Å²) in [6.45, 7) is 4.54. The highest BCUT2D eigenvalue weighted by molar-refractivity contribution is 6.03. The lowest BCUT2D eigenvalue weighted by atomic mass is 10.1. The lowest BCUT2D eigenvalue weighted by Gasteiger charge is -2.17. The van der Waals surface area contributed by atoms with Crippen molar-refractivity contribution < 1.29 is 9.59 Å². The average molecular weight is 322 g/mol. The fraction of sp³-hybridized carbons (Fsp3) is 0.300. The van der Waals surface area contributed by atoms with Crippen LogP contribution in [0.15, 0.2) is 48.5 Å². The van der Waals surface area contributed by atoms with Gasteiger partial charge < -0.3 is 10.2 Å². The summed E-state index contributed by atoms with van der Waals surface area (Å²) in [6.07, 6.45) is 1.23. The molecule has 0 bridgehead atoms. The Balaban J connectivity index is 1.66. The number of carbonyl (C=O) groups excluding carboxylic acids is 2. The maximum absolute atomic E-state index is 12.5. The zero-order chi connectivity index (χ0) is 17.1. The molecule has 2 aromatic rings. The molecule has 0 aromatic heterocycles. The first-order chi connectivity index (χ1) is 11.6. The highest BCUT2D eigenvalue weighted by Crippen LogP contribution is 2.26. The Hall–Kier alpha value is -2.62. The highest BCUT2D eigenvalue weighted by atomic mass is 16.2. The van der Waals surface area contributed by atoms with E-state index in [9.17, 15) is 9.59 Å². The maximum atomic E-state index is 12.5. The van der Waals surface area contributed by atoms with E-state index in [1.807, 2.05) is 55.5 Å². The van der Waals surface area contributed by atoms with Gasteiger partial charge in [0.15, 0.2) is 0 Å². The van der Waals surface area contributed by atoms with Gasteiger partial charge in [-0.25, -0.2) is 0 Å². The molecule has 3 rings (SSSR count). The van der Waals surface area contributed by atoms with E-state index in [2.05, 4.69) is 12.2 Å². The molecule has 0 aliphatic carbocycles. The predicted molar refractivity (Wildman–Crippen MR) is 96.1 cm³/mol. The van der Waals surface area contributed by atoms with E-state index >= 15 is 0 Å². The van der Waals surface area contributed by atoms with E-state index in [-0.39, 0.29) is 24.2 Å². The van der Waals surface area contributed by atoms with Crippen molar-refractivity contribution >= 4 is 23.2 Å². The van der Waals surface area contributed by atoms with Crippen molar-refractivity contribution in [1.29, 1.82) is 0 Å². The van der Waals surface area contributed by atoms with Gasteiger partial charge in [0.2, 0.25) is 11.8 Å². The van der Waals surface area contributed by atoms with E-state index in [1.54, 1.807) is 4.90 Å². The SMILES string of the molecule is CCc1ccc(NC(=O)C2CC(=O)N(c3ccc(C)cc3)C2)cc1. The second-order valence-corrected chi connectivity index (χ2v) is 6.28. The topological polar surface area (TPSA) is 49.4 Å². The van der Waals surface area contributed by atoms with Gasteiger partial charge in [-0.3, -0.25) is 9.59 Å². The largest absolute Gasteiger partial charge is 0.326 e. The Kier molecular flexibility index (Phi) is 4.65. The summed E-state index contributed by atoms with van der Waals surface area (Å²) in [5, 5.41) is 2.92. The van der Waals surface area contributed by atoms with Crippen molar-refractivity contribution in [3.8, 4) is 0 Å². The van der Waals surface area contributed by atoms with E-state index < -0.39 is 0 Å². The van der Waals surface area contributed by atoms with Crippen LogP contribution in [0.25, 0.3) is 0 Å². The van der Waals surface area contributed by atoms with Crippen LogP contribution in [-0.4, -0.2) is 18.4 Å². The number of benzene rings is 2. The molecule has 124 valence electrons. The van der Waals surface area contributed by atoms with Gasteiger partial charge in [0.25, 0.3) is 0 Å². The molecule has 1 N–H and O–H groups in total. The second kappa shape index (κ2) is 6.87. The molecule has 0 saturated carbocycles. The van der Waals surface area contributed by atoms with Crippen molar-refractivity contribution in [2.45, 2.75) is 26.7 Å². The van der Waals surface area contributed by atoms with Crippen LogP contribution in [0.5, 0.6) is 0 Å². The Bertz CT molecular complexity index is 735. The lowest BCUT2D eigenvalue weighted by Crippen LogP contribution is -2.28. The number of anilines is 2. The van der Waals surface area contributed by atoms with Crippen LogP contribution in [0.2, 0.25) is 0 Å². The molecular weight excluding hydrogens is 300 g/mol. The summed E-state index contributed by atoms with van der Waals surface area (Å²) < 4.78 is 0. The van der Waals surface area contributed by atoms with Crippen molar-refractivity contribution in [1.82, 2.24) is 0 Å². The number of rotatable bonds is 4. The third-order valence-electron chi connectivity index (χ3n) is 4.47. The van der Waals surface area contributed by atoms with Crippen LogP contribution in [0.4, 0.5) is 11.4 Å². The predicted octanol–water partition coefficient (Wildman–Crippen LogP) is 3.55. The first kappa shape index (κ1) is 16.2. The smallest absolute Gasteiger partial charge is 0.229 e.